The summed E-state index contributed by atoms with van der Waals surface area (Å²) in [5, 5.41) is 16.4. The number of rotatable bonds is 6. The maximum atomic E-state index is 9.94. The van der Waals surface area contributed by atoms with Crippen LogP contribution in [0.1, 0.15) is 31.5 Å². The van der Waals surface area contributed by atoms with E-state index in [4.69, 9.17) is 0 Å². The lowest BCUT2D eigenvalue weighted by molar-refractivity contribution is 0.114. The van der Waals surface area contributed by atoms with Crippen LogP contribution in [-0.4, -0.2) is 46.8 Å². The highest BCUT2D eigenvalue weighted by molar-refractivity contribution is 7.09. The van der Waals surface area contributed by atoms with Crippen molar-refractivity contribution >= 4 is 11.3 Å². The average Bonchev–Trinajstić information content (AvgIpc) is 2.59. The van der Waals surface area contributed by atoms with E-state index < -0.39 is 0 Å². The fraction of sp³-hybridized carbons (Fsp3) is 0.769. The molecule has 1 heterocycles. The molecule has 1 atom stereocenters. The van der Waals surface area contributed by atoms with Gasteiger partial charge < -0.3 is 10.4 Å². The van der Waals surface area contributed by atoms with E-state index in [2.05, 4.69) is 41.4 Å². The lowest BCUT2D eigenvalue weighted by Gasteiger charge is -2.25. The summed E-state index contributed by atoms with van der Waals surface area (Å²) in [7, 11) is 2.01. The molecule has 0 aliphatic rings. The monoisotopic (exact) mass is 271 g/mol. The Labute approximate surface area is 114 Å². The highest BCUT2D eigenvalue weighted by Crippen LogP contribution is 2.09. The predicted molar refractivity (Wildman–Crippen MR) is 76.9 cm³/mol. The fourth-order valence-electron chi connectivity index (χ4n) is 1.67. The lowest BCUT2D eigenvalue weighted by Crippen LogP contribution is -2.44. The van der Waals surface area contributed by atoms with Crippen LogP contribution >= 0.6 is 11.3 Å². The van der Waals surface area contributed by atoms with Crippen molar-refractivity contribution in [2.45, 2.75) is 45.9 Å². The second-order valence-corrected chi connectivity index (χ2v) is 6.90. The van der Waals surface area contributed by atoms with Crippen LogP contribution in [0, 0.1) is 6.92 Å². The van der Waals surface area contributed by atoms with Crippen molar-refractivity contribution in [2.75, 3.05) is 20.1 Å². The molecule has 0 bridgehead atoms. The fourth-order valence-corrected chi connectivity index (χ4v) is 2.27. The van der Waals surface area contributed by atoms with E-state index in [0.717, 1.165) is 17.2 Å². The molecule has 4 nitrogen and oxygen atoms in total. The molecule has 0 spiro atoms. The number of β-amino-alcohol motifs (C(OH)–C–C–N with tert-alkyl or cyclic N) is 1. The molecule has 0 amide bonds. The number of aromatic nitrogens is 1. The molecule has 1 aromatic heterocycles. The lowest BCUT2D eigenvalue weighted by atomic mass is 10.1. The Hall–Kier alpha value is -0.490. The zero-order valence-corrected chi connectivity index (χ0v) is 12.8. The van der Waals surface area contributed by atoms with Gasteiger partial charge in [-0.3, -0.25) is 4.90 Å². The molecule has 0 radical (unpaired) electrons. The van der Waals surface area contributed by atoms with Crippen LogP contribution in [0.3, 0.4) is 0 Å². The molecule has 104 valence electrons. The first-order valence-electron chi connectivity index (χ1n) is 6.29. The number of hydrogen-bond donors (Lipinski definition) is 2. The van der Waals surface area contributed by atoms with Crippen molar-refractivity contribution in [3.63, 3.8) is 0 Å². The van der Waals surface area contributed by atoms with Crippen LogP contribution in [-0.2, 0) is 6.54 Å². The van der Waals surface area contributed by atoms with Crippen LogP contribution in [0.5, 0.6) is 0 Å². The largest absolute Gasteiger partial charge is 0.390 e. The highest BCUT2D eigenvalue weighted by Gasteiger charge is 2.14. The zero-order chi connectivity index (χ0) is 13.8. The molecule has 0 aromatic carbocycles. The van der Waals surface area contributed by atoms with Crippen LogP contribution in [0.4, 0.5) is 0 Å². The van der Waals surface area contributed by atoms with Gasteiger partial charge >= 0.3 is 0 Å². The predicted octanol–water partition coefficient (Wildman–Crippen LogP) is 1.63. The van der Waals surface area contributed by atoms with E-state index in [-0.39, 0.29) is 11.6 Å². The maximum absolute atomic E-state index is 9.94. The van der Waals surface area contributed by atoms with Crippen molar-refractivity contribution in [1.29, 1.82) is 0 Å². The SMILES string of the molecule is Cc1nc(CN(C)CC(O)CNC(C)(C)C)cs1. The van der Waals surface area contributed by atoms with E-state index in [1.54, 1.807) is 11.3 Å². The third kappa shape index (κ3) is 6.44. The van der Waals surface area contributed by atoms with E-state index >= 15 is 0 Å². The van der Waals surface area contributed by atoms with Crippen LogP contribution < -0.4 is 5.32 Å². The minimum absolute atomic E-state index is 0.0472. The quantitative estimate of drug-likeness (QED) is 0.826. The van der Waals surface area contributed by atoms with Gasteiger partial charge in [-0.1, -0.05) is 0 Å². The van der Waals surface area contributed by atoms with Crippen LogP contribution in [0.15, 0.2) is 5.38 Å². The van der Waals surface area contributed by atoms with Gasteiger partial charge in [-0.25, -0.2) is 4.98 Å². The standard InChI is InChI=1S/C13H25N3OS/c1-10-15-11(9-18-10)7-16(5)8-12(17)6-14-13(2,3)4/h9,12,14,17H,6-8H2,1-5H3. The van der Waals surface area contributed by atoms with Crippen molar-refractivity contribution in [3.05, 3.63) is 16.1 Å². The van der Waals surface area contributed by atoms with E-state index in [1.807, 2.05) is 14.0 Å². The number of aliphatic hydroxyl groups excluding tert-OH is 1. The number of nitrogens with one attached hydrogen (secondary N) is 1. The smallest absolute Gasteiger partial charge is 0.0897 e. The maximum Gasteiger partial charge on any atom is 0.0897 e. The Balaban J connectivity index is 2.29. The summed E-state index contributed by atoms with van der Waals surface area (Å²) in [6.07, 6.45) is -0.353. The molecule has 1 rings (SSSR count). The molecular weight excluding hydrogens is 246 g/mol. The second-order valence-electron chi connectivity index (χ2n) is 5.84. The van der Waals surface area contributed by atoms with E-state index in [9.17, 15) is 5.11 Å². The normalized spacial score (nSPS) is 14.2. The van der Waals surface area contributed by atoms with Gasteiger partial charge in [0.1, 0.15) is 0 Å². The van der Waals surface area contributed by atoms with Crippen molar-refractivity contribution < 1.29 is 5.11 Å². The Morgan fingerprint density at radius 3 is 2.67 bits per heavy atom. The van der Waals surface area contributed by atoms with Crippen molar-refractivity contribution in [2.24, 2.45) is 0 Å². The molecule has 1 aromatic rings. The van der Waals surface area contributed by atoms with Gasteiger partial charge in [-0.05, 0) is 34.7 Å². The summed E-state index contributed by atoms with van der Waals surface area (Å²) >= 11 is 1.67. The number of hydrogen-bond acceptors (Lipinski definition) is 5. The zero-order valence-electron chi connectivity index (χ0n) is 12.0. The van der Waals surface area contributed by atoms with Gasteiger partial charge in [-0.2, -0.15) is 0 Å². The highest BCUT2D eigenvalue weighted by atomic mass is 32.1. The molecule has 2 N–H and O–H groups in total. The minimum Gasteiger partial charge on any atom is -0.390 e. The Bertz CT molecular complexity index is 359. The molecule has 0 saturated heterocycles. The van der Waals surface area contributed by atoms with Gasteiger partial charge in [0.25, 0.3) is 0 Å². The summed E-state index contributed by atoms with van der Waals surface area (Å²) in [6.45, 7) is 10.4. The third-order valence-corrected chi connectivity index (χ3v) is 3.31. The van der Waals surface area contributed by atoms with Crippen LogP contribution in [0.25, 0.3) is 0 Å². The Morgan fingerprint density at radius 2 is 2.17 bits per heavy atom. The molecule has 5 heteroatoms. The summed E-state index contributed by atoms with van der Waals surface area (Å²) < 4.78 is 0. The van der Waals surface area contributed by atoms with Crippen molar-refractivity contribution in [1.82, 2.24) is 15.2 Å². The summed E-state index contributed by atoms with van der Waals surface area (Å²) in [4.78, 5) is 6.52. The first-order chi connectivity index (χ1) is 8.26. The summed E-state index contributed by atoms with van der Waals surface area (Å²) in [5.41, 5.74) is 1.13. The second kappa shape index (κ2) is 6.61. The summed E-state index contributed by atoms with van der Waals surface area (Å²) in [5.74, 6) is 0. The molecule has 1 unspecified atom stereocenters. The third-order valence-electron chi connectivity index (χ3n) is 2.49. The van der Waals surface area contributed by atoms with E-state index in [0.29, 0.717) is 13.1 Å². The molecule has 0 fully saturated rings. The van der Waals surface area contributed by atoms with Gasteiger partial charge in [0.05, 0.1) is 16.8 Å². The minimum atomic E-state index is -0.353. The molecule has 0 aliphatic carbocycles. The molecular formula is C13H25N3OS. The van der Waals surface area contributed by atoms with Gasteiger partial charge in [0, 0.05) is 30.6 Å². The van der Waals surface area contributed by atoms with Crippen molar-refractivity contribution in [3.8, 4) is 0 Å². The van der Waals surface area contributed by atoms with Gasteiger partial charge in [-0.15, -0.1) is 11.3 Å². The molecule has 18 heavy (non-hydrogen) atoms. The Morgan fingerprint density at radius 1 is 1.50 bits per heavy atom. The summed E-state index contributed by atoms with van der Waals surface area (Å²) in [6, 6.07) is 0. The van der Waals surface area contributed by atoms with Gasteiger partial charge in [0.15, 0.2) is 0 Å². The number of thiazole rings is 1. The average molecular weight is 271 g/mol. The molecule has 0 saturated carbocycles. The number of aliphatic hydroxyl groups is 1. The molecule has 0 aliphatic heterocycles. The van der Waals surface area contributed by atoms with Gasteiger partial charge in [0.2, 0.25) is 0 Å². The Kier molecular flexibility index (Phi) is 5.72. The van der Waals surface area contributed by atoms with Crippen LogP contribution in [0.2, 0.25) is 0 Å². The number of aryl methyl sites for hydroxylation is 1. The topological polar surface area (TPSA) is 48.4 Å². The first kappa shape index (κ1) is 15.6. The number of nitrogens with zero attached hydrogens (tertiary/aromatic N) is 2. The first-order valence-corrected chi connectivity index (χ1v) is 7.17. The number of likely N-dealkylation sites (N-methyl/N-ethyl adjacent to an activating group) is 1. The van der Waals surface area contributed by atoms with E-state index in [1.165, 1.54) is 0 Å².